The Balaban J connectivity index is 2.11. The molecule has 3 aromatic rings. The second-order valence-electron chi connectivity index (χ2n) is 4.44. The second-order valence-corrected chi connectivity index (χ2v) is 6.21. The zero-order valence-corrected chi connectivity index (χ0v) is 13.4. The zero-order chi connectivity index (χ0) is 14.3. The van der Waals surface area contributed by atoms with Crippen LogP contribution in [0.15, 0.2) is 45.3 Å². The molecule has 102 valence electrons. The first-order valence-corrected chi connectivity index (χ1v) is 7.48. The molecule has 0 fully saturated rings. The van der Waals surface area contributed by atoms with Gasteiger partial charge in [-0.05, 0) is 39.7 Å². The van der Waals surface area contributed by atoms with Gasteiger partial charge in [-0.25, -0.2) is 9.37 Å². The van der Waals surface area contributed by atoms with Crippen LogP contribution >= 0.6 is 31.9 Å². The number of rotatable bonds is 2. The van der Waals surface area contributed by atoms with Gasteiger partial charge in [0.25, 0.3) is 0 Å². The third-order valence-corrected chi connectivity index (χ3v) is 4.15. The molecule has 0 atom stereocenters. The molecule has 0 radical (unpaired) electrons. The fraction of sp³-hybridized carbons (Fsp3) is 0.0714. The van der Waals surface area contributed by atoms with E-state index in [1.165, 1.54) is 6.07 Å². The van der Waals surface area contributed by atoms with Crippen molar-refractivity contribution in [3.8, 4) is 0 Å². The molecular weight excluding hydrogens is 389 g/mol. The summed E-state index contributed by atoms with van der Waals surface area (Å²) in [6, 6.07) is 11.0. The third-order valence-electron chi connectivity index (χ3n) is 3.05. The molecule has 0 saturated carbocycles. The standard InChI is InChI=1S/C14H10Br2FN3/c15-9-3-1-2-8(4-9)7-20-13-6-11(17)10(16)5-12(13)19-14(20)18/h1-6H,7H2,(H2,18,19). The Labute approximate surface area is 131 Å². The van der Waals surface area contributed by atoms with Crippen LogP contribution in [-0.2, 0) is 6.54 Å². The van der Waals surface area contributed by atoms with Crippen molar-refractivity contribution >= 4 is 48.8 Å². The lowest BCUT2D eigenvalue weighted by Gasteiger charge is -2.07. The van der Waals surface area contributed by atoms with Crippen LogP contribution < -0.4 is 5.73 Å². The van der Waals surface area contributed by atoms with Gasteiger partial charge in [0, 0.05) is 10.5 Å². The van der Waals surface area contributed by atoms with E-state index in [1.54, 1.807) is 10.6 Å². The summed E-state index contributed by atoms with van der Waals surface area (Å²) < 4.78 is 16.9. The summed E-state index contributed by atoms with van der Waals surface area (Å²) in [5, 5.41) is 0. The van der Waals surface area contributed by atoms with Crippen molar-refractivity contribution in [2.45, 2.75) is 6.54 Å². The topological polar surface area (TPSA) is 43.8 Å². The van der Waals surface area contributed by atoms with E-state index in [0.29, 0.717) is 28.0 Å². The van der Waals surface area contributed by atoms with Crippen molar-refractivity contribution in [1.29, 1.82) is 0 Å². The SMILES string of the molecule is Nc1nc2cc(Br)c(F)cc2n1Cc1cccc(Br)c1. The van der Waals surface area contributed by atoms with Gasteiger partial charge >= 0.3 is 0 Å². The maximum atomic E-state index is 13.7. The van der Waals surface area contributed by atoms with E-state index in [4.69, 9.17) is 5.73 Å². The average molecular weight is 399 g/mol. The lowest BCUT2D eigenvalue weighted by Crippen LogP contribution is -2.04. The van der Waals surface area contributed by atoms with Crippen LogP contribution in [0.4, 0.5) is 10.3 Å². The van der Waals surface area contributed by atoms with Gasteiger partial charge in [0.1, 0.15) is 5.82 Å². The second kappa shape index (κ2) is 5.18. The summed E-state index contributed by atoms with van der Waals surface area (Å²) in [7, 11) is 0. The quantitative estimate of drug-likeness (QED) is 0.698. The molecule has 0 aliphatic carbocycles. The minimum Gasteiger partial charge on any atom is -0.369 e. The number of nitrogens with two attached hydrogens (primary N) is 1. The van der Waals surface area contributed by atoms with Gasteiger partial charge in [0.15, 0.2) is 0 Å². The fourth-order valence-corrected chi connectivity index (χ4v) is 2.90. The lowest BCUT2D eigenvalue weighted by atomic mass is 10.2. The minimum atomic E-state index is -0.326. The van der Waals surface area contributed by atoms with Crippen LogP contribution in [0.3, 0.4) is 0 Å². The normalized spacial score (nSPS) is 11.2. The van der Waals surface area contributed by atoms with Gasteiger partial charge < -0.3 is 10.3 Å². The molecule has 2 N–H and O–H groups in total. The highest BCUT2D eigenvalue weighted by Gasteiger charge is 2.12. The fourth-order valence-electron chi connectivity index (χ4n) is 2.12. The molecule has 0 amide bonds. The van der Waals surface area contributed by atoms with Crippen molar-refractivity contribution in [3.63, 3.8) is 0 Å². The molecule has 0 aliphatic heterocycles. The number of benzene rings is 2. The van der Waals surface area contributed by atoms with E-state index in [-0.39, 0.29) is 5.82 Å². The van der Waals surface area contributed by atoms with E-state index >= 15 is 0 Å². The Morgan fingerprint density at radius 1 is 1.20 bits per heavy atom. The first-order chi connectivity index (χ1) is 9.54. The highest BCUT2D eigenvalue weighted by Crippen LogP contribution is 2.26. The van der Waals surface area contributed by atoms with Crippen molar-refractivity contribution < 1.29 is 4.39 Å². The largest absolute Gasteiger partial charge is 0.369 e. The number of nitrogens with zero attached hydrogens (tertiary/aromatic N) is 2. The molecule has 0 spiro atoms. The van der Waals surface area contributed by atoms with Gasteiger partial charge in [-0.2, -0.15) is 0 Å². The molecule has 0 bridgehead atoms. The van der Waals surface area contributed by atoms with Crippen LogP contribution in [-0.4, -0.2) is 9.55 Å². The van der Waals surface area contributed by atoms with Crippen LogP contribution in [0.5, 0.6) is 0 Å². The molecule has 0 aliphatic rings. The molecule has 2 aromatic carbocycles. The maximum absolute atomic E-state index is 13.7. The number of nitrogen functional groups attached to an aromatic ring is 1. The molecule has 20 heavy (non-hydrogen) atoms. The minimum absolute atomic E-state index is 0.326. The summed E-state index contributed by atoms with van der Waals surface area (Å²) in [4.78, 5) is 4.27. The molecular formula is C14H10Br2FN3. The number of hydrogen-bond acceptors (Lipinski definition) is 2. The summed E-state index contributed by atoms with van der Waals surface area (Å²) in [5.41, 5.74) is 8.36. The van der Waals surface area contributed by atoms with Crippen LogP contribution in [0.25, 0.3) is 11.0 Å². The monoisotopic (exact) mass is 397 g/mol. The van der Waals surface area contributed by atoms with Crippen LogP contribution in [0.2, 0.25) is 0 Å². The van der Waals surface area contributed by atoms with E-state index in [2.05, 4.69) is 36.8 Å². The van der Waals surface area contributed by atoms with E-state index in [9.17, 15) is 4.39 Å². The molecule has 0 saturated heterocycles. The smallest absolute Gasteiger partial charge is 0.201 e. The van der Waals surface area contributed by atoms with Gasteiger partial charge in [-0.3, -0.25) is 0 Å². The van der Waals surface area contributed by atoms with Crippen molar-refractivity contribution in [2.75, 3.05) is 5.73 Å². The predicted molar refractivity (Wildman–Crippen MR) is 85.0 cm³/mol. The Bertz CT molecular complexity index is 798. The number of aromatic nitrogens is 2. The lowest BCUT2D eigenvalue weighted by molar-refractivity contribution is 0.622. The van der Waals surface area contributed by atoms with Gasteiger partial charge in [-0.1, -0.05) is 28.1 Å². The molecule has 3 rings (SSSR count). The van der Waals surface area contributed by atoms with Gasteiger partial charge in [0.2, 0.25) is 5.95 Å². The summed E-state index contributed by atoms with van der Waals surface area (Å²) >= 11 is 6.59. The Hall–Kier alpha value is -1.40. The molecule has 1 heterocycles. The number of anilines is 1. The molecule has 1 aromatic heterocycles. The van der Waals surface area contributed by atoms with Crippen LogP contribution in [0.1, 0.15) is 5.56 Å². The number of imidazole rings is 1. The number of fused-ring (bicyclic) bond motifs is 1. The Morgan fingerprint density at radius 2 is 2.00 bits per heavy atom. The van der Waals surface area contributed by atoms with Crippen molar-refractivity contribution in [3.05, 3.63) is 56.7 Å². The van der Waals surface area contributed by atoms with Crippen molar-refractivity contribution in [2.24, 2.45) is 0 Å². The number of hydrogen-bond donors (Lipinski definition) is 1. The first kappa shape index (κ1) is 13.6. The molecule has 6 heteroatoms. The summed E-state index contributed by atoms with van der Waals surface area (Å²) in [5.74, 6) is 0.0466. The first-order valence-electron chi connectivity index (χ1n) is 5.90. The Kier molecular flexibility index (Phi) is 3.52. The predicted octanol–water partition coefficient (Wildman–Crippen LogP) is 4.33. The third kappa shape index (κ3) is 2.45. The van der Waals surface area contributed by atoms with Gasteiger partial charge in [-0.15, -0.1) is 0 Å². The Morgan fingerprint density at radius 3 is 2.75 bits per heavy atom. The number of halogens is 3. The maximum Gasteiger partial charge on any atom is 0.201 e. The zero-order valence-electron chi connectivity index (χ0n) is 10.3. The van der Waals surface area contributed by atoms with Crippen molar-refractivity contribution in [1.82, 2.24) is 9.55 Å². The van der Waals surface area contributed by atoms with E-state index in [1.807, 2.05) is 24.3 Å². The highest BCUT2D eigenvalue weighted by atomic mass is 79.9. The van der Waals surface area contributed by atoms with E-state index < -0.39 is 0 Å². The van der Waals surface area contributed by atoms with Gasteiger partial charge in [0.05, 0.1) is 22.1 Å². The van der Waals surface area contributed by atoms with Crippen LogP contribution in [0, 0.1) is 5.82 Å². The summed E-state index contributed by atoms with van der Waals surface area (Å²) in [6.07, 6.45) is 0. The molecule has 0 unspecified atom stereocenters. The highest BCUT2D eigenvalue weighted by molar-refractivity contribution is 9.10. The average Bonchev–Trinajstić information content (AvgIpc) is 2.67. The molecule has 3 nitrogen and oxygen atoms in total. The van der Waals surface area contributed by atoms with E-state index in [0.717, 1.165) is 10.0 Å². The summed E-state index contributed by atoms with van der Waals surface area (Å²) in [6.45, 7) is 0.544.